The highest BCUT2D eigenvalue weighted by atomic mass is 15.3. The largest absolute Gasteiger partial charge is 0.380 e. The Bertz CT molecular complexity index is 318. The molecule has 2 aliphatic rings. The molecule has 0 radical (unpaired) electrons. The second kappa shape index (κ2) is 4.93. The molecule has 1 fully saturated rings. The maximum atomic E-state index is 5.56. The molecular formula is C9H17N7. The molecule has 88 valence electrons. The Balaban J connectivity index is 1.80. The third kappa shape index (κ3) is 2.48. The maximum absolute atomic E-state index is 5.56. The molecular weight excluding hydrogens is 206 g/mol. The molecule has 0 amide bonds. The van der Waals surface area contributed by atoms with Gasteiger partial charge in [-0.1, -0.05) is 0 Å². The van der Waals surface area contributed by atoms with Gasteiger partial charge in [-0.25, -0.2) is 0 Å². The van der Waals surface area contributed by atoms with Gasteiger partial charge in [0.2, 0.25) is 0 Å². The molecule has 0 bridgehead atoms. The van der Waals surface area contributed by atoms with Crippen molar-refractivity contribution in [2.45, 2.75) is 12.8 Å². The number of rotatable bonds is 3. The van der Waals surface area contributed by atoms with Gasteiger partial charge >= 0.3 is 0 Å². The van der Waals surface area contributed by atoms with E-state index in [-0.39, 0.29) is 11.7 Å². The molecule has 2 aliphatic heterocycles. The van der Waals surface area contributed by atoms with E-state index < -0.39 is 0 Å². The number of amidine groups is 2. The number of nitrogens with two attached hydrogens (primary N) is 2. The molecule has 0 aliphatic carbocycles. The van der Waals surface area contributed by atoms with Crippen LogP contribution in [0.4, 0.5) is 0 Å². The zero-order valence-corrected chi connectivity index (χ0v) is 9.11. The van der Waals surface area contributed by atoms with Crippen LogP contribution in [0.25, 0.3) is 0 Å². The highest BCUT2D eigenvalue weighted by Gasteiger charge is 2.17. The third-order valence-corrected chi connectivity index (χ3v) is 2.78. The van der Waals surface area contributed by atoms with Crippen molar-refractivity contribution in [1.82, 2.24) is 10.7 Å². The molecule has 0 aromatic rings. The number of hydrogen-bond acceptors (Lipinski definition) is 7. The van der Waals surface area contributed by atoms with Crippen LogP contribution in [0.3, 0.4) is 0 Å². The Labute approximate surface area is 94.1 Å². The Morgan fingerprint density at radius 1 is 1.25 bits per heavy atom. The van der Waals surface area contributed by atoms with E-state index in [1.807, 2.05) is 0 Å². The van der Waals surface area contributed by atoms with Crippen LogP contribution < -0.4 is 22.2 Å². The fourth-order valence-corrected chi connectivity index (χ4v) is 1.79. The third-order valence-electron chi connectivity index (χ3n) is 2.78. The number of hydrazone groups is 1. The smallest absolute Gasteiger partial charge is 0.177 e. The van der Waals surface area contributed by atoms with E-state index in [4.69, 9.17) is 11.5 Å². The second-order valence-electron chi connectivity index (χ2n) is 3.99. The van der Waals surface area contributed by atoms with Gasteiger partial charge in [0, 0.05) is 6.54 Å². The minimum absolute atomic E-state index is 0.273. The summed E-state index contributed by atoms with van der Waals surface area (Å²) in [6, 6.07) is 0. The fourth-order valence-electron chi connectivity index (χ4n) is 1.79. The molecule has 0 aromatic heterocycles. The molecule has 0 saturated carbocycles. The van der Waals surface area contributed by atoms with Crippen LogP contribution >= 0.6 is 0 Å². The van der Waals surface area contributed by atoms with Crippen molar-refractivity contribution < 1.29 is 0 Å². The molecule has 2 heterocycles. The first-order valence-corrected chi connectivity index (χ1v) is 5.46. The van der Waals surface area contributed by atoms with Crippen molar-refractivity contribution in [3.63, 3.8) is 0 Å². The maximum Gasteiger partial charge on any atom is 0.177 e. The van der Waals surface area contributed by atoms with Crippen LogP contribution in [0.15, 0.2) is 15.3 Å². The van der Waals surface area contributed by atoms with Crippen molar-refractivity contribution in [3.05, 3.63) is 0 Å². The van der Waals surface area contributed by atoms with Gasteiger partial charge in [-0.3, -0.25) is 0 Å². The van der Waals surface area contributed by atoms with Gasteiger partial charge in [0.1, 0.15) is 0 Å². The summed E-state index contributed by atoms with van der Waals surface area (Å²) in [6.45, 7) is 3.00. The van der Waals surface area contributed by atoms with Crippen molar-refractivity contribution in [3.8, 4) is 0 Å². The molecule has 7 nitrogen and oxygen atoms in total. The summed E-state index contributed by atoms with van der Waals surface area (Å²) >= 11 is 0. The summed E-state index contributed by atoms with van der Waals surface area (Å²) in [4.78, 5) is 0. The summed E-state index contributed by atoms with van der Waals surface area (Å²) in [6.07, 6.45) is 2.34. The van der Waals surface area contributed by atoms with Crippen molar-refractivity contribution in [1.29, 1.82) is 0 Å². The van der Waals surface area contributed by atoms with Crippen LogP contribution in [0.2, 0.25) is 0 Å². The van der Waals surface area contributed by atoms with E-state index in [1.54, 1.807) is 0 Å². The average molecular weight is 223 g/mol. The van der Waals surface area contributed by atoms with Crippen molar-refractivity contribution in [2.24, 2.45) is 32.7 Å². The van der Waals surface area contributed by atoms with Crippen LogP contribution in [0.5, 0.6) is 0 Å². The van der Waals surface area contributed by atoms with E-state index in [2.05, 4.69) is 26.0 Å². The lowest BCUT2D eigenvalue weighted by Gasteiger charge is -2.21. The summed E-state index contributed by atoms with van der Waals surface area (Å²) in [5, 5.41) is 14.7. The molecule has 2 rings (SSSR count). The zero-order chi connectivity index (χ0) is 11.4. The molecule has 0 unspecified atom stereocenters. The normalized spacial score (nSPS) is 21.6. The number of nitrogens with zero attached hydrogens (tertiary/aromatic N) is 3. The van der Waals surface area contributed by atoms with E-state index in [9.17, 15) is 0 Å². The quantitative estimate of drug-likeness (QED) is 0.439. The first-order valence-electron chi connectivity index (χ1n) is 5.46. The molecule has 7 heteroatoms. The lowest BCUT2D eigenvalue weighted by atomic mass is 9.99. The van der Waals surface area contributed by atoms with Gasteiger partial charge < -0.3 is 22.2 Å². The van der Waals surface area contributed by atoms with Gasteiger partial charge in [0.15, 0.2) is 17.4 Å². The SMILES string of the molecule is NC1=NN=C(N)C1=NNCC1CCNCC1. The average Bonchev–Trinajstić information content (AvgIpc) is 2.62. The molecule has 0 atom stereocenters. The molecule has 0 aromatic carbocycles. The van der Waals surface area contributed by atoms with E-state index in [0.717, 1.165) is 19.6 Å². The monoisotopic (exact) mass is 223 g/mol. The second-order valence-corrected chi connectivity index (χ2v) is 3.99. The Morgan fingerprint density at radius 3 is 2.50 bits per heavy atom. The first-order chi connectivity index (χ1) is 7.77. The van der Waals surface area contributed by atoms with Crippen LogP contribution in [-0.4, -0.2) is 37.0 Å². The van der Waals surface area contributed by atoms with Gasteiger partial charge in [-0.15, -0.1) is 10.2 Å². The Kier molecular flexibility index (Phi) is 3.35. The van der Waals surface area contributed by atoms with Gasteiger partial charge in [-0.2, -0.15) is 5.10 Å². The molecule has 6 N–H and O–H groups in total. The Hall–Kier alpha value is -1.63. The lowest BCUT2D eigenvalue weighted by molar-refractivity contribution is 0.360. The van der Waals surface area contributed by atoms with Gasteiger partial charge in [0.05, 0.1) is 0 Å². The number of nitrogens with one attached hydrogen (secondary N) is 2. The highest BCUT2D eigenvalue weighted by molar-refractivity contribution is 6.68. The number of hydrogen-bond donors (Lipinski definition) is 4. The van der Waals surface area contributed by atoms with Crippen molar-refractivity contribution >= 4 is 17.4 Å². The molecule has 0 spiro atoms. The van der Waals surface area contributed by atoms with Crippen LogP contribution in [-0.2, 0) is 0 Å². The number of piperidine rings is 1. The topological polar surface area (TPSA) is 113 Å². The lowest BCUT2D eigenvalue weighted by Crippen LogP contribution is -2.36. The van der Waals surface area contributed by atoms with Gasteiger partial charge in [-0.05, 0) is 31.8 Å². The fraction of sp³-hybridized carbons (Fsp3) is 0.667. The summed E-state index contributed by atoms with van der Waals surface area (Å²) in [5.74, 6) is 1.20. The van der Waals surface area contributed by atoms with Crippen molar-refractivity contribution in [2.75, 3.05) is 19.6 Å². The van der Waals surface area contributed by atoms with Crippen LogP contribution in [0, 0.1) is 5.92 Å². The highest BCUT2D eigenvalue weighted by Crippen LogP contribution is 2.09. The van der Waals surface area contributed by atoms with Crippen LogP contribution in [0.1, 0.15) is 12.8 Å². The zero-order valence-electron chi connectivity index (χ0n) is 9.11. The minimum atomic E-state index is 0.273. The molecule has 16 heavy (non-hydrogen) atoms. The van der Waals surface area contributed by atoms with E-state index in [1.165, 1.54) is 12.8 Å². The first kappa shape index (κ1) is 10.9. The van der Waals surface area contributed by atoms with E-state index >= 15 is 0 Å². The van der Waals surface area contributed by atoms with E-state index in [0.29, 0.717) is 11.6 Å². The predicted molar refractivity (Wildman–Crippen MR) is 64.3 cm³/mol. The molecule has 1 saturated heterocycles. The summed E-state index contributed by atoms with van der Waals surface area (Å²) in [5.41, 5.74) is 14.6. The standard InChI is InChI=1S/C9H17N7/c10-8-7(9(11)16-15-8)14-13-5-6-1-3-12-4-2-6/h6,12-13H,1-5H2,(H4,10,11,14,15,16). The summed E-state index contributed by atoms with van der Waals surface area (Å²) in [7, 11) is 0. The predicted octanol–water partition coefficient (Wildman–Crippen LogP) is -1.43. The minimum Gasteiger partial charge on any atom is -0.380 e. The van der Waals surface area contributed by atoms with Gasteiger partial charge in [0.25, 0.3) is 0 Å². The Morgan fingerprint density at radius 2 is 1.88 bits per heavy atom. The summed E-state index contributed by atoms with van der Waals surface area (Å²) < 4.78 is 0.